The van der Waals surface area contributed by atoms with E-state index in [1.165, 1.54) is 43.4 Å². The minimum atomic E-state index is 0.584. The summed E-state index contributed by atoms with van der Waals surface area (Å²) in [4.78, 5) is 16.5. The topological polar surface area (TPSA) is 41.9 Å². The molecule has 0 atom stereocenters. The van der Waals surface area contributed by atoms with E-state index in [-0.39, 0.29) is 0 Å². The average molecular weight is 308 g/mol. The third kappa shape index (κ3) is 3.42. The van der Waals surface area contributed by atoms with Crippen LogP contribution in [0.4, 0.5) is 0 Å². The zero-order valence-electron chi connectivity index (χ0n) is 13.6. The molecule has 3 heterocycles. The van der Waals surface area contributed by atoms with E-state index >= 15 is 0 Å². The quantitative estimate of drug-likeness (QED) is 0.870. The van der Waals surface area contributed by atoms with Crippen LogP contribution in [0.2, 0.25) is 0 Å². The van der Waals surface area contributed by atoms with Gasteiger partial charge in [-0.05, 0) is 37.0 Å². The Morgan fingerprint density at radius 3 is 2.83 bits per heavy atom. The molecule has 0 spiro atoms. The molecule has 0 bridgehead atoms. The lowest BCUT2D eigenvalue weighted by Gasteiger charge is -2.28. The van der Waals surface area contributed by atoms with Crippen molar-refractivity contribution in [1.29, 1.82) is 0 Å². The molecule has 0 aromatic carbocycles. The Labute approximate surface area is 138 Å². The molecule has 0 amide bonds. The lowest BCUT2D eigenvalue weighted by molar-refractivity contribution is 0.237. The van der Waals surface area contributed by atoms with E-state index in [9.17, 15) is 0 Å². The van der Waals surface area contributed by atoms with Gasteiger partial charge in [0.2, 0.25) is 0 Å². The molecule has 0 radical (unpaired) electrons. The van der Waals surface area contributed by atoms with Gasteiger partial charge < -0.3 is 0 Å². The van der Waals surface area contributed by atoms with Crippen LogP contribution in [0.5, 0.6) is 0 Å². The fourth-order valence-electron chi connectivity index (χ4n) is 3.79. The zero-order valence-corrected chi connectivity index (χ0v) is 13.6. The summed E-state index contributed by atoms with van der Waals surface area (Å²) in [5.74, 6) is 1.67. The molecule has 4 rings (SSSR count). The molecule has 1 fully saturated rings. The number of aromatic nitrogens is 3. The third-order valence-corrected chi connectivity index (χ3v) is 5.13. The number of pyridine rings is 1. The van der Waals surface area contributed by atoms with Gasteiger partial charge in [-0.1, -0.05) is 25.3 Å². The van der Waals surface area contributed by atoms with Gasteiger partial charge in [0.25, 0.3) is 0 Å². The summed E-state index contributed by atoms with van der Waals surface area (Å²) in [6, 6.07) is 6.13. The Morgan fingerprint density at radius 1 is 1.09 bits per heavy atom. The summed E-state index contributed by atoms with van der Waals surface area (Å²) in [6.45, 7) is 2.90. The minimum Gasteiger partial charge on any atom is -0.291 e. The summed E-state index contributed by atoms with van der Waals surface area (Å²) >= 11 is 0. The molecule has 2 aliphatic rings. The van der Waals surface area contributed by atoms with Crippen molar-refractivity contribution in [2.45, 2.75) is 57.5 Å². The molecule has 1 aliphatic carbocycles. The average Bonchev–Trinajstić information content (AvgIpc) is 2.63. The van der Waals surface area contributed by atoms with Crippen molar-refractivity contribution in [1.82, 2.24) is 19.9 Å². The fraction of sp³-hybridized carbons (Fsp3) is 0.526. The monoisotopic (exact) mass is 308 g/mol. The van der Waals surface area contributed by atoms with E-state index in [1.54, 1.807) is 0 Å². The molecule has 2 aromatic heterocycles. The van der Waals surface area contributed by atoms with Crippen molar-refractivity contribution in [3.63, 3.8) is 0 Å². The van der Waals surface area contributed by atoms with Crippen LogP contribution in [0.15, 0.2) is 30.6 Å². The van der Waals surface area contributed by atoms with Crippen LogP contribution in [0.1, 0.15) is 60.8 Å². The Morgan fingerprint density at radius 2 is 2.00 bits per heavy atom. The SMILES string of the molecule is c1ccc(CN2CCc3cnc(C4CCCCC4)nc3C2)nc1. The van der Waals surface area contributed by atoms with Crippen LogP contribution in [0, 0.1) is 0 Å². The maximum Gasteiger partial charge on any atom is 0.131 e. The third-order valence-electron chi connectivity index (χ3n) is 5.13. The van der Waals surface area contributed by atoms with Gasteiger partial charge in [0.15, 0.2) is 0 Å². The second-order valence-corrected chi connectivity index (χ2v) is 6.82. The van der Waals surface area contributed by atoms with Crippen molar-refractivity contribution in [2.75, 3.05) is 6.54 Å². The van der Waals surface area contributed by atoms with Gasteiger partial charge in [-0.2, -0.15) is 0 Å². The van der Waals surface area contributed by atoms with Crippen LogP contribution >= 0.6 is 0 Å². The normalized spacial score (nSPS) is 19.5. The predicted octanol–water partition coefficient (Wildman–Crippen LogP) is 3.48. The summed E-state index contributed by atoms with van der Waals surface area (Å²) in [7, 11) is 0. The highest BCUT2D eigenvalue weighted by atomic mass is 15.1. The minimum absolute atomic E-state index is 0.584. The summed E-state index contributed by atoms with van der Waals surface area (Å²) in [6.07, 6.45) is 11.6. The molecule has 0 unspecified atom stereocenters. The second kappa shape index (κ2) is 6.75. The maximum atomic E-state index is 4.96. The van der Waals surface area contributed by atoms with Crippen LogP contribution in [0.25, 0.3) is 0 Å². The lowest BCUT2D eigenvalue weighted by Crippen LogP contribution is -2.31. The fourth-order valence-corrected chi connectivity index (χ4v) is 3.79. The molecule has 1 aliphatic heterocycles. The molecule has 0 saturated heterocycles. The summed E-state index contributed by atoms with van der Waals surface area (Å²) < 4.78 is 0. The Kier molecular flexibility index (Phi) is 4.33. The van der Waals surface area contributed by atoms with E-state index < -0.39 is 0 Å². The number of hydrogen-bond donors (Lipinski definition) is 0. The highest BCUT2D eigenvalue weighted by Gasteiger charge is 2.22. The first-order valence-electron chi connectivity index (χ1n) is 8.85. The van der Waals surface area contributed by atoms with Gasteiger partial charge in [0.1, 0.15) is 5.82 Å². The van der Waals surface area contributed by atoms with Gasteiger partial charge in [-0.15, -0.1) is 0 Å². The first-order chi connectivity index (χ1) is 11.4. The standard InChI is InChI=1S/C19H24N4/c1-2-6-15(7-3-1)19-21-12-16-9-11-23(14-18(16)22-19)13-17-8-4-5-10-20-17/h4-5,8,10,12,15H,1-3,6-7,9,11,13-14H2. The van der Waals surface area contributed by atoms with E-state index in [4.69, 9.17) is 4.98 Å². The Bertz CT molecular complexity index is 650. The van der Waals surface area contributed by atoms with Crippen LogP contribution in [0.3, 0.4) is 0 Å². The van der Waals surface area contributed by atoms with Gasteiger partial charge in [-0.3, -0.25) is 9.88 Å². The summed E-state index contributed by atoms with van der Waals surface area (Å²) in [5.41, 5.74) is 3.71. The maximum absolute atomic E-state index is 4.96. The number of hydrogen-bond acceptors (Lipinski definition) is 4. The number of fused-ring (bicyclic) bond motifs is 1. The number of rotatable bonds is 3. The highest BCUT2D eigenvalue weighted by Crippen LogP contribution is 2.31. The largest absolute Gasteiger partial charge is 0.291 e. The van der Waals surface area contributed by atoms with Gasteiger partial charge in [-0.25, -0.2) is 9.97 Å². The molecule has 2 aromatic rings. The van der Waals surface area contributed by atoms with Crippen LogP contribution < -0.4 is 0 Å². The zero-order chi connectivity index (χ0) is 15.5. The molecule has 0 N–H and O–H groups in total. The van der Waals surface area contributed by atoms with Crippen molar-refractivity contribution >= 4 is 0 Å². The molecule has 120 valence electrons. The van der Waals surface area contributed by atoms with Gasteiger partial charge >= 0.3 is 0 Å². The summed E-state index contributed by atoms with van der Waals surface area (Å²) in [5, 5.41) is 0. The smallest absolute Gasteiger partial charge is 0.131 e. The number of nitrogens with zero attached hydrogens (tertiary/aromatic N) is 4. The van der Waals surface area contributed by atoms with Crippen molar-refractivity contribution in [3.8, 4) is 0 Å². The molecule has 23 heavy (non-hydrogen) atoms. The first kappa shape index (κ1) is 14.8. The molecule has 4 nitrogen and oxygen atoms in total. The van der Waals surface area contributed by atoms with E-state index in [0.717, 1.165) is 37.6 Å². The molecular weight excluding hydrogens is 284 g/mol. The van der Waals surface area contributed by atoms with Gasteiger partial charge in [0, 0.05) is 37.9 Å². The molecule has 4 heteroatoms. The van der Waals surface area contributed by atoms with Crippen molar-refractivity contribution < 1.29 is 0 Å². The molecular formula is C19H24N4. The van der Waals surface area contributed by atoms with Crippen LogP contribution in [-0.4, -0.2) is 26.4 Å². The highest BCUT2D eigenvalue weighted by molar-refractivity contribution is 5.22. The first-order valence-corrected chi connectivity index (χ1v) is 8.85. The van der Waals surface area contributed by atoms with Gasteiger partial charge in [0.05, 0.1) is 11.4 Å². The van der Waals surface area contributed by atoms with E-state index in [1.807, 2.05) is 12.3 Å². The van der Waals surface area contributed by atoms with E-state index in [0.29, 0.717) is 5.92 Å². The van der Waals surface area contributed by atoms with Crippen molar-refractivity contribution in [3.05, 3.63) is 53.4 Å². The Balaban J connectivity index is 1.49. The molecule has 1 saturated carbocycles. The van der Waals surface area contributed by atoms with Crippen molar-refractivity contribution in [2.24, 2.45) is 0 Å². The van der Waals surface area contributed by atoms with Crippen LogP contribution in [-0.2, 0) is 19.5 Å². The second-order valence-electron chi connectivity index (χ2n) is 6.82. The lowest BCUT2D eigenvalue weighted by atomic mass is 9.88. The predicted molar refractivity (Wildman–Crippen MR) is 89.9 cm³/mol. The van der Waals surface area contributed by atoms with E-state index in [2.05, 4.69) is 33.2 Å². The Hall–Kier alpha value is -1.81.